The Balaban J connectivity index is 1.66. The Morgan fingerprint density at radius 2 is 1.63 bits per heavy atom. The molecule has 1 aromatic heterocycles. The largest absolute Gasteiger partial charge is 0.368 e. The van der Waals surface area contributed by atoms with Crippen molar-refractivity contribution in [1.29, 1.82) is 0 Å². The van der Waals surface area contributed by atoms with Crippen molar-refractivity contribution in [3.05, 3.63) is 35.2 Å². The third-order valence-electron chi connectivity index (χ3n) is 3.20. The predicted octanol–water partition coefficient (Wildman–Crippen LogP) is 2.66. The molecule has 0 atom stereocenters. The fourth-order valence-electron chi connectivity index (χ4n) is 2.19. The summed E-state index contributed by atoms with van der Waals surface area (Å²) in [6.07, 6.45) is 0. The lowest BCUT2D eigenvalue weighted by Crippen LogP contribution is -2.46. The topological polar surface area (TPSA) is 32.3 Å². The van der Waals surface area contributed by atoms with Crippen LogP contribution in [0.15, 0.2) is 24.3 Å². The van der Waals surface area contributed by atoms with Gasteiger partial charge in [0.25, 0.3) is 0 Å². The lowest BCUT2D eigenvalue weighted by atomic mass is 10.2. The van der Waals surface area contributed by atoms with Crippen LogP contribution in [0.1, 0.15) is 0 Å². The van der Waals surface area contributed by atoms with Crippen molar-refractivity contribution in [3.8, 4) is 0 Å². The van der Waals surface area contributed by atoms with Gasteiger partial charge in [-0.3, -0.25) is 0 Å². The van der Waals surface area contributed by atoms with E-state index < -0.39 is 0 Å². The molecule has 2 heterocycles. The van der Waals surface area contributed by atoms with E-state index in [1.54, 1.807) is 0 Å². The van der Waals surface area contributed by atoms with Crippen molar-refractivity contribution < 1.29 is 4.39 Å². The lowest BCUT2D eigenvalue weighted by Gasteiger charge is -2.36. The Bertz CT molecular complexity index is 551. The van der Waals surface area contributed by atoms with Gasteiger partial charge in [-0.25, -0.2) is 4.39 Å². The minimum Gasteiger partial charge on any atom is -0.368 e. The van der Waals surface area contributed by atoms with E-state index in [0.29, 0.717) is 5.15 Å². The van der Waals surface area contributed by atoms with Gasteiger partial charge in [0.05, 0.1) is 11.7 Å². The molecule has 0 aliphatic carbocycles. The number of hydrogen-bond donors (Lipinski definition) is 0. The van der Waals surface area contributed by atoms with Crippen molar-refractivity contribution >= 4 is 34.8 Å². The second-order valence-electron chi connectivity index (χ2n) is 4.33. The zero-order valence-electron chi connectivity index (χ0n) is 10.1. The van der Waals surface area contributed by atoms with E-state index in [2.05, 4.69) is 18.5 Å². The average Bonchev–Trinajstić information content (AvgIpc) is 2.86. The number of anilines is 2. The molecule has 1 aromatic carbocycles. The van der Waals surface area contributed by atoms with Gasteiger partial charge in [-0.1, -0.05) is 11.6 Å². The number of rotatable bonds is 2. The molecule has 19 heavy (non-hydrogen) atoms. The maximum atomic E-state index is 12.9. The highest BCUT2D eigenvalue weighted by Crippen LogP contribution is 2.25. The molecule has 0 N–H and O–H groups in total. The zero-order valence-corrected chi connectivity index (χ0v) is 11.7. The van der Waals surface area contributed by atoms with Crippen LogP contribution in [0.5, 0.6) is 0 Å². The van der Waals surface area contributed by atoms with Gasteiger partial charge < -0.3 is 9.80 Å². The normalized spacial score (nSPS) is 15.9. The van der Waals surface area contributed by atoms with Gasteiger partial charge in [0.15, 0.2) is 11.0 Å². The molecule has 1 saturated heterocycles. The summed E-state index contributed by atoms with van der Waals surface area (Å²) in [5, 5.41) is 0.472. The van der Waals surface area contributed by atoms with Gasteiger partial charge in [0.1, 0.15) is 5.82 Å². The summed E-state index contributed by atoms with van der Waals surface area (Å²) >= 11 is 7.11. The van der Waals surface area contributed by atoms with Crippen molar-refractivity contribution in [2.24, 2.45) is 0 Å². The quantitative estimate of drug-likeness (QED) is 0.853. The second kappa shape index (κ2) is 5.30. The molecule has 2 aromatic rings. The molecule has 1 aliphatic heterocycles. The molecule has 4 nitrogen and oxygen atoms in total. The monoisotopic (exact) mass is 298 g/mol. The van der Waals surface area contributed by atoms with E-state index in [1.807, 2.05) is 12.1 Å². The summed E-state index contributed by atoms with van der Waals surface area (Å²) < 4.78 is 21.1. The number of benzene rings is 1. The van der Waals surface area contributed by atoms with E-state index in [1.165, 1.54) is 12.1 Å². The first-order valence-electron chi connectivity index (χ1n) is 5.97. The first-order valence-corrected chi connectivity index (χ1v) is 7.08. The molecule has 1 aliphatic rings. The minimum absolute atomic E-state index is 0.206. The highest BCUT2D eigenvalue weighted by Gasteiger charge is 2.21. The van der Waals surface area contributed by atoms with Crippen LogP contribution in [0, 0.1) is 5.82 Å². The van der Waals surface area contributed by atoms with Crippen LogP contribution in [0.25, 0.3) is 0 Å². The summed E-state index contributed by atoms with van der Waals surface area (Å²) in [6.45, 7) is 3.39. The van der Waals surface area contributed by atoms with E-state index in [0.717, 1.165) is 49.4 Å². The van der Waals surface area contributed by atoms with Crippen molar-refractivity contribution in [2.45, 2.75) is 0 Å². The van der Waals surface area contributed by atoms with Gasteiger partial charge >= 0.3 is 0 Å². The van der Waals surface area contributed by atoms with Crippen LogP contribution < -0.4 is 9.80 Å². The fraction of sp³-hybridized carbons (Fsp3) is 0.333. The Morgan fingerprint density at radius 3 is 2.21 bits per heavy atom. The Morgan fingerprint density at radius 1 is 1.00 bits per heavy atom. The maximum absolute atomic E-state index is 12.9. The molecule has 0 radical (unpaired) electrons. The van der Waals surface area contributed by atoms with Crippen LogP contribution in [0.4, 0.5) is 15.9 Å². The standard InChI is InChI=1S/C12H12ClFN4S/c13-11-12(16-19-15-11)18-7-5-17(6-8-18)10-3-1-9(14)2-4-10/h1-4H,5-8H2. The third-order valence-corrected chi connectivity index (χ3v) is 4.08. The van der Waals surface area contributed by atoms with Gasteiger partial charge in [0, 0.05) is 31.9 Å². The summed E-state index contributed by atoms with van der Waals surface area (Å²) in [5.74, 6) is 0.563. The molecular formula is C12H12ClFN4S. The van der Waals surface area contributed by atoms with Gasteiger partial charge in [0.2, 0.25) is 0 Å². The molecular weight excluding hydrogens is 287 g/mol. The minimum atomic E-state index is -0.206. The SMILES string of the molecule is Fc1ccc(N2CCN(c3nsnc3Cl)CC2)cc1. The molecule has 0 bridgehead atoms. The van der Waals surface area contributed by atoms with E-state index in [9.17, 15) is 4.39 Å². The van der Waals surface area contributed by atoms with E-state index >= 15 is 0 Å². The van der Waals surface area contributed by atoms with Crippen molar-refractivity contribution in [3.63, 3.8) is 0 Å². The molecule has 3 rings (SSSR count). The maximum Gasteiger partial charge on any atom is 0.187 e. The molecule has 0 saturated carbocycles. The number of aromatic nitrogens is 2. The summed E-state index contributed by atoms with van der Waals surface area (Å²) in [5.41, 5.74) is 1.04. The number of nitrogens with zero attached hydrogens (tertiary/aromatic N) is 4. The molecule has 1 fully saturated rings. The number of hydrogen-bond acceptors (Lipinski definition) is 5. The smallest absolute Gasteiger partial charge is 0.187 e. The number of halogens is 2. The first kappa shape index (κ1) is 12.6. The number of piperazine rings is 1. The molecule has 7 heteroatoms. The fourth-order valence-corrected chi connectivity index (χ4v) is 2.97. The highest BCUT2D eigenvalue weighted by molar-refractivity contribution is 6.99. The summed E-state index contributed by atoms with van der Waals surface area (Å²) in [7, 11) is 0. The predicted molar refractivity (Wildman–Crippen MR) is 75.7 cm³/mol. The molecule has 100 valence electrons. The van der Waals surface area contributed by atoms with E-state index in [4.69, 9.17) is 11.6 Å². The summed E-state index contributed by atoms with van der Waals surface area (Å²) in [4.78, 5) is 4.36. The zero-order chi connectivity index (χ0) is 13.2. The van der Waals surface area contributed by atoms with Gasteiger partial charge in [-0.2, -0.15) is 8.75 Å². The second-order valence-corrected chi connectivity index (χ2v) is 5.22. The lowest BCUT2D eigenvalue weighted by molar-refractivity contribution is 0.624. The molecule has 0 amide bonds. The van der Waals surface area contributed by atoms with E-state index in [-0.39, 0.29) is 5.82 Å². The van der Waals surface area contributed by atoms with Crippen LogP contribution in [0.2, 0.25) is 5.15 Å². The van der Waals surface area contributed by atoms with Gasteiger partial charge in [-0.05, 0) is 24.3 Å². The average molecular weight is 299 g/mol. The Kier molecular flexibility index (Phi) is 3.52. The van der Waals surface area contributed by atoms with Crippen LogP contribution in [-0.2, 0) is 0 Å². The summed E-state index contributed by atoms with van der Waals surface area (Å²) in [6, 6.07) is 6.59. The van der Waals surface area contributed by atoms with Crippen LogP contribution in [-0.4, -0.2) is 34.9 Å². The highest BCUT2D eigenvalue weighted by atomic mass is 35.5. The third kappa shape index (κ3) is 2.64. The Hall–Kier alpha value is -1.40. The van der Waals surface area contributed by atoms with Crippen LogP contribution in [0.3, 0.4) is 0 Å². The van der Waals surface area contributed by atoms with Gasteiger partial charge in [-0.15, -0.1) is 0 Å². The van der Waals surface area contributed by atoms with Crippen LogP contribution >= 0.6 is 23.3 Å². The van der Waals surface area contributed by atoms with Crippen molar-refractivity contribution in [2.75, 3.05) is 36.0 Å². The molecule has 0 unspecified atom stereocenters. The Labute approximate surface area is 119 Å². The molecule has 0 spiro atoms. The van der Waals surface area contributed by atoms with Crippen molar-refractivity contribution in [1.82, 2.24) is 8.75 Å². The first-order chi connectivity index (χ1) is 9.24.